The van der Waals surface area contributed by atoms with Gasteiger partial charge in [0.15, 0.2) is 0 Å². The van der Waals surface area contributed by atoms with E-state index in [0.717, 1.165) is 57.0 Å². The first-order valence-electron chi connectivity index (χ1n) is 13.6. The number of hydrogen-bond acceptors (Lipinski definition) is 6. The molecule has 7 nitrogen and oxygen atoms in total. The highest BCUT2D eigenvalue weighted by atomic mass is 16.5. The number of primary amides is 1. The minimum atomic E-state index is -0.507. The smallest absolute Gasteiger partial charge is 0.250 e. The first-order chi connectivity index (χ1) is 18.4. The number of aliphatic imine (C=N–C) groups is 1. The summed E-state index contributed by atoms with van der Waals surface area (Å²) >= 11 is 0. The maximum atomic E-state index is 11.9. The third kappa shape index (κ3) is 7.39. The van der Waals surface area contributed by atoms with Crippen molar-refractivity contribution in [2.24, 2.45) is 22.6 Å². The number of aromatic nitrogens is 1. The van der Waals surface area contributed by atoms with Crippen LogP contribution in [0.25, 0.3) is 0 Å². The second-order valence-electron chi connectivity index (χ2n) is 10.4. The van der Waals surface area contributed by atoms with Gasteiger partial charge in [-0.3, -0.25) is 19.7 Å². The fourth-order valence-corrected chi connectivity index (χ4v) is 4.78. The van der Waals surface area contributed by atoms with Crippen molar-refractivity contribution < 1.29 is 14.3 Å². The molecule has 38 heavy (non-hydrogen) atoms. The molecule has 1 fully saturated rings. The van der Waals surface area contributed by atoms with Gasteiger partial charge in [0.05, 0.1) is 30.5 Å². The molecule has 2 aliphatic heterocycles. The van der Waals surface area contributed by atoms with Crippen molar-refractivity contribution >= 4 is 12.1 Å². The summed E-state index contributed by atoms with van der Waals surface area (Å²) in [6.07, 6.45) is 9.48. The molecule has 2 unspecified atom stereocenters. The summed E-state index contributed by atoms with van der Waals surface area (Å²) in [5.74, 6) is 1.10. The molecule has 2 aliphatic rings. The number of rotatable bonds is 11. The maximum absolute atomic E-state index is 11.9. The predicted octanol–water partition coefficient (Wildman–Crippen LogP) is 4.72. The molecule has 1 aromatic heterocycles. The molecule has 4 rings (SSSR count). The topological polar surface area (TPSA) is 90.0 Å². The molecule has 7 heteroatoms. The molecular formula is C31H40N4O3. The van der Waals surface area contributed by atoms with Crippen LogP contribution < -0.4 is 5.73 Å². The van der Waals surface area contributed by atoms with Crippen LogP contribution in [0.3, 0.4) is 0 Å². The average molecular weight is 517 g/mol. The van der Waals surface area contributed by atoms with E-state index in [1.54, 1.807) is 18.3 Å². The molecule has 2 atom stereocenters. The summed E-state index contributed by atoms with van der Waals surface area (Å²) in [6, 6.07) is 12.2. The van der Waals surface area contributed by atoms with Gasteiger partial charge < -0.3 is 15.2 Å². The molecule has 3 heterocycles. The van der Waals surface area contributed by atoms with E-state index in [1.807, 2.05) is 6.21 Å². The Kier molecular flexibility index (Phi) is 9.85. The fraction of sp³-hybridized carbons (Fsp3) is 0.452. The number of hydrogen-bond donors (Lipinski definition) is 1. The predicted molar refractivity (Wildman–Crippen MR) is 151 cm³/mol. The normalized spacial score (nSPS) is 19.3. The van der Waals surface area contributed by atoms with Crippen molar-refractivity contribution in [2.45, 2.75) is 52.8 Å². The third-order valence-corrected chi connectivity index (χ3v) is 7.44. The van der Waals surface area contributed by atoms with Gasteiger partial charge in [0.25, 0.3) is 5.91 Å². The Morgan fingerprint density at radius 1 is 1.16 bits per heavy atom. The molecule has 1 aromatic carbocycles. The monoisotopic (exact) mass is 516 g/mol. The number of benzene rings is 1. The van der Waals surface area contributed by atoms with E-state index in [9.17, 15) is 4.79 Å². The second kappa shape index (κ2) is 13.5. The Labute approximate surface area is 226 Å². The Bertz CT molecular complexity index is 1160. The zero-order chi connectivity index (χ0) is 26.9. The summed E-state index contributed by atoms with van der Waals surface area (Å²) in [5, 5.41) is 0. The lowest BCUT2D eigenvalue weighted by atomic mass is 9.84. The fourth-order valence-electron chi connectivity index (χ4n) is 4.78. The minimum Gasteiger partial charge on any atom is -0.487 e. The van der Waals surface area contributed by atoms with Crippen molar-refractivity contribution in [1.29, 1.82) is 0 Å². The van der Waals surface area contributed by atoms with E-state index >= 15 is 0 Å². The van der Waals surface area contributed by atoms with Gasteiger partial charge in [-0.1, -0.05) is 51.1 Å². The van der Waals surface area contributed by atoms with Crippen LogP contribution >= 0.6 is 0 Å². The molecule has 1 saturated heterocycles. The van der Waals surface area contributed by atoms with Gasteiger partial charge in [-0.2, -0.15) is 0 Å². The van der Waals surface area contributed by atoms with Crippen molar-refractivity contribution in [3.05, 3.63) is 88.5 Å². The van der Waals surface area contributed by atoms with E-state index in [4.69, 9.17) is 20.2 Å². The molecule has 0 saturated carbocycles. The van der Waals surface area contributed by atoms with Gasteiger partial charge in [-0.25, -0.2) is 0 Å². The average Bonchev–Trinajstić information content (AvgIpc) is 2.94. The first-order valence-corrected chi connectivity index (χ1v) is 13.6. The Hall–Kier alpha value is -3.29. The van der Waals surface area contributed by atoms with Gasteiger partial charge in [0.2, 0.25) is 0 Å². The lowest BCUT2D eigenvalue weighted by Gasteiger charge is -2.29. The van der Waals surface area contributed by atoms with Gasteiger partial charge in [0, 0.05) is 44.0 Å². The van der Waals surface area contributed by atoms with Crippen molar-refractivity contribution in [2.75, 3.05) is 26.3 Å². The van der Waals surface area contributed by atoms with Crippen LogP contribution in [0.2, 0.25) is 0 Å². The van der Waals surface area contributed by atoms with Crippen LogP contribution in [0.15, 0.2) is 71.1 Å². The van der Waals surface area contributed by atoms with E-state index < -0.39 is 5.91 Å². The highest BCUT2D eigenvalue weighted by molar-refractivity contribution is 5.93. The highest BCUT2D eigenvalue weighted by Crippen LogP contribution is 2.31. The Balaban J connectivity index is 1.53. The van der Waals surface area contributed by atoms with Crippen LogP contribution in [0.5, 0.6) is 0 Å². The number of amides is 1. The quantitative estimate of drug-likeness (QED) is 0.437. The summed E-state index contributed by atoms with van der Waals surface area (Å²) < 4.78 is 11.9. The molecule has 2 N–H and O–H groups in total. The molecule has 0 spiro atoms. The zero-order valence-electron chi connectivity index (χ0n) is 22.8. The lowest BCUT2D eigenvalue weighted by Crippen LogP contribution is -2.35. The number of carbonyl (C=O) groups is 1. The Morgan fingerprint density at radius 3 is 2.61 bits per heavy atom. The van der Waals surface area contributed by atoms with Crippen LogP contribution in [0, 0.1) is 11.8 Å². The van der Waals surface area contributed by atoms with E-state index in [1.165, 1.54) is 11.1 Å². The largest absolute Gasteiger partial charge is 0.487 e. The van der Waals surface area contributed by atoms with Crippen LogP contribution in [0.1, 0.15) is 54.4 Å². The number of dihydropyridines is 1. The van der Waals surface area contributed by atoms with Crippen LogP contribution in [-0.4, -0.2) is 54.4 Å². The summed E-state index contributed by atoms with van der Waals surface area (Å²) in [6.45, 7) is 11.4. The molecule has 0 aliphatic carbocycles. The number of nitrogens with zero attached hydrogens (tertiary/aromatic N) is 3. The number of morpholine rings is 1. The van der Waals surface area contributed by atoms with Crippen LogP contribution in [0.4, 0.5) is 0 Å². The van der Waals surface area contributed by atoms with Crippen molar-refractivity contribution in [1.82, 2.24) is 9.88 Å². The van der Waals surface area contributed by atoms with E-state index in [-0.39, 0.29) is 12.6 Å². The van der Waals surface area contributed by atoms with Gasteiger partial charge in [-0.05, 0) is 47.6 Å². The third-order valence-electron chi connectivity index (χ3n) is 7.44. The van der Waals surface area contributed by atoms with Crippen LogP contribution in [-0.2, 0) is 29.0 Å². The molecule has 1 amide bonds. The van der Waals surface area contributed by atoms with E-state index in [0.29, 0.717) is 23.1 Å². The molecule has 0 radical (unpaired) electrons. The van der Waals surface area contributed by atoms with Gasteiger partial charge in [0.1, 0.15) is 12.4 Å². The molecular weight excluding hydrogens is 476 g/mol. The molecule has 0 bridgehead atoms. The SMILES string of the molecule is CC(C)C(C)C1N=CCC=C1C(=CCc1ccc(CN2CCOCC2)cc1)OCc1ncccc1C(N)=O. The van der Waals surface area contributed by atoms with Crippen molar-refractivity contribution in [3.8, 4) is 0 Å². The van der Waals surface area contributed by atoms with Gasteiger partial charge >= 0.3 is 0 Å². The highest BCUT2D eigenvalue weighted by Gasteiger charge is 2.27. The summed E-state index contributed by atoms with van der Waals surface area (Å²) in [4.78, 5) is 23.6. The maximum Gasteiger partial charge on any atom is 0.250 e. The van der Waals surface area contributed by atoms with Crippen molar-refractivity contribution in [3.63, 3.8) is 0 Å². The summed E-state index contributed by atoms with van der Waals surface area (Å²) in [5.41, 5.74) is 10.1. The number of allylic oxidation sites excluding steroid dienone is 2. The number of ether oxygens (including phenoxy) is 2. The number of carbonyl (C=O) groups excluding carboxylic acids is 1. The standard InChI is InChI=1S/C31H40N4O3/c1-22(2)23(3)30-27(7-5-15-34-30)29(38-21-28-26(31(32)36)6-4-14-33-28)13-12-24-8-10-25(11-9-24)20-35-16-18-37-19-17-35/h4,6-11,13-15,22-23,30H,5,12,16-21H2,1-3H3,(H2,32,36). The summed E-state index contributed by atoms with van der Waals surface area (Å²) in [7, 11) is 0. The van der Waals surface area contributed by atoms with Gasteiger partial charge in [-0.15, -0.1) is 0 Å². The molecule has 202 valence electrons. The molecule has 2 aromatic rings. The zero-order valence-corrected chi connectivity index (χ0v) is 22.8. The van der Waals surface area contributed by atoms with E-state index in [2.05, 4.69) is 67.1 Å². The number of nitrogens with two attached hydrogens (primary N) is 1. The number of pyridine rings is 1. The minimum absolute atomic E-state index is 0.0187. The lowest BCUT2D eigenvalue weighted by molar-refractivity contribution is 0.0342. The first kappa shape index (κ1) is 27.7. The second-order valence-corrected chi connectivity index (χ2v) is 10.4. The Morgan fingerprint density at radius 2 is 1.89 bits per heavy atom.